The van der Waals surface area contributed by atoms with E-state index >= 15 is 0 Å². The van der Waals surface area contributed by atoms with Crippen LogP contribution in [-0.2, 0) is 4.79 Å². The van der Waals surface area contributed by atoms with E-state index < -0.39 is 31.1 Å². The van der Waals surface area contributed by atoms with Crippen molar-refractivity contribution in [3.8, 4) is 28.6 Å². The molecule has 1 aliphatic heterocycles. The number of urea groups is 1. The molecule has 1 atom stereocenters. The molecule has 0 bridgehead atoms. The zero-order valence-corrected chi connectivity index (χ0v) is 26.7. The molecule has 18 heteroatoms. The van der Waals surface area contributed by atoms with Gasteiger partial charge in [0.25, 0.3) is 0 Å². The number of carbonyl (C=O) groups excluding carboxylic acids is 2. The first-order valence-electron chi connectivity index (χ1n) is 14.3. The molecule has 3 amide bonds. The summed E-state index contributed by atoms with van der Waals surface area (Å²) >= 11 is 0.963. The number of carbonyl (C=O) groups is 2. The van der Waals surface area contributed by atoms with Crippen molar-refractivity contribution in [2.75, 3.05) is 24.3 Å². The predicted octanol–water partition coefficient (Wildman–Crippen LogP) is 6.84. The standard InChI is InChI=1S/C31H27F6N7O4S/c1-18-4-13-25(47-16-30(32,33)34)24(14-18)44-26(45)15-49-29(44)39-28(46)41-42(3)19(2)20-5-7-21(8-6-20)27-38-17-43(40-27)22-9-11-23(12-10-22)48-31(35,36)37/h4-14,17,19H,15-16H2,1-3H3,(H,41,46)/b39-29-. The number of thioether (sulfide) groups is 1. The Hall–Kier alpha value is -5.10. The van der Waals surface area contributed by atoms with Gasteiger partial charge in [-0.15, -0.1) is 18.3 Å². The molecule has 3 aromatic carbocycles. The normalized spacial score (nSPS) is 15.2. The number of halogens is 6. The lowest BCUT2D eigenvalue weighted by Gasteiger charge is -2.25. The van der Waals surface area contributed by atoms with E-state index in [9.17, 15) is 35.9 Å². The molecule has 1 fully saturated rings. The van der Waals surface area contributed by atoms with Crippen LogP contribution in [0.3, 0.4) is 0 Å². The fourth-order valence-corrected chi connectivity index (χ4v) is 5.44. The number of amidine groups is 1. The molecule has 1 unspecified atom stereocenters. The van der Waals surface area contributed by atoms with Crippen LogP contribution < -0.4 is 19.8 Å². The van der Waals surface area contributed by atoms with Crippen molar-refractivity contribution in [1.29, 1.82) is 0 Å². The molecular formula is C31H27F6N7O4S. The number of aliphatic imine (C=N–C) groups is 1. The van der Waals surface area contributed by atoms with Gasteiger partial charge in [0.1, 0.15) is 17.8 Å². The summed E-state index contributed by atoms with van der Waals surface area (Å²) in [5.74, 6) is -0.738. The molecular weight excluding hydrogens is 680 g/mol. The second kappa shape index (κ2) is 14.2. The van der Waals surface area contributed by atoms with Crippen molar-refractivity contribution >= 4 is 34.6 Å². The third-order valence-electron chi connectivity index (χ3n) is 7.04. The number of aromatic nitrogens is 3. The van der Waals surface area contributed by atoms with E-state index in [1.165, 1.54) is 52.4 Å². The maximum atomic E-state index is 12.9. The second-order valence-electron chi connectivity index (χ2n) is 10.7. The summed E-state index contributed by atoms with van der Waals surface area (Å²) in [6.07, 6.45) is -7.97. The number of anilines is 1. The number of hydrazine groups is 1. The van der Waals surface area contributed by atoms with Crippen LogP contribution in [0.4, 0.5) is 36.8 Å². The van der Waals surface area contributed by atoms with Crippen LogP contribution in [0.5, 0.6) is 11.5 Å². The summed E-state index contributed by atoms with van der Waals surface area (Å²) in [6.45, 7) is 1.96. The van der Waals surface area contributed by atoms with Crippen molar-refractivity contribution in [2.24, 2.45) is 4.99 Å². The molecule has 0 spiro atoms. The lowest BCUT2D eigenvalue weighted by atomic mass is 10.1. The number of benzene rings is 3. The Balaban J connectivity index is 1.23. The first-order chi connectivity index (χ1) is 23.1. The molecule has 1 aliphatic rings. The second-order valence-corrected chi connectivity index (χ2v) is 11.6. The molecule has 1 aromatic heterocycles. The highest BCUT2D eigenvalue weighted by molar-refractivity contribution is 8.15. The number of ether oxygens (including phenoxy) is 2. The Morgan fingerprint density at radius 1 is 1.06 bits per heavy atom. The van der Waals surface area contributed by atoms with Crippen LogP contribution in [0.2, 0.25) is 0 Å². The maximum Gasteiger partial charge on any atom is 0.573 e. The quantitative estimate of drug-likeness (QED) is 0.149. The van der Waals surface area contributed by atoms with Gasteiger partial charge >= 0.3 is 18.6 Å². The lowest BCUT2D eigenvalue weighted by molar-refractivity contribution is -0.274. The smallest absolute Gasteiger partial charge is 0.482 e. The van der Waals surface area contributed by atoms with E-state index in [2.05, 4.69) is 25.2 Å². The zero-order valence-electron chi connectivity index (χ0n) is 25.9. The monoisotopic (exact) mass is 707 g/mol. The number of hydrogen-bond acceptors (Lipinski definition) is 8. The van der Waals surface area contributed by atoms with Gasteiger partial charge in [-0.3, -0.25) is 15.1 Å². The summed E-state index contributed by atoms with van der Waals surface area (Å²) in [4.78, 5) is 35.1. The van der Waals surface area contributed by atoms with E-state index in [-0.39, 0.29) is 34.1 Å². The average Bonchev–Trinajstić information content (AvgIpc) is 3.66. The third kappa shape index (κ3) is 9.08. The topological polar surface area (TPSA) is 114 Å². The summed E-state index contributed by atoms with van der Waals surface area (Å²) < 4.78 is 86.1. The van der Waals surface area contributed by atoms with Gasteiger partial charge in [0.15, 0.2) is 17.6 Å². The molecule has 1 N–H and O–H groups in total. The molecule has 0 saturated carbocycles. The van der Waals surface area contributed by atoms with Gasteiger partial charge in [0.2, 0.25) is 5.91 Å². The lowest BCUT2D eigenvalue weighted by Crippen LogP contribution is -2.40. The number of nitrogens with zero attached hydrogens (tertiary/aromatic N) is 6. The summed E-state index contributed by atoms with van der Waals surface area (Å²) in [6, 6.07) is 15.4. The minimum absolute atomic E-state index is 0.0205. The van der Waals surface area contributed by atoms with Gasteiger partial charge in [-0.25, -0.2) is 19.5 Å². The molecule has 0 radical (unpaired) electrons. The fraction of sp³-hybridized carbons (Fsp3) is 0.258. The fourth-order valence-electron chi connectivity index (χ4n) is 4.58. The molecule has 49 heavy (non-hydrogen) atoms. The Bertz CT molecular complexity index is 1850. The van der Waals surface area contributed by atoms with Gasteiger partial charge in [-0.05, 0) is 61.4 Å². The number of amides is 3. The SMILES string of the molecule is Cc1ccc(OCC(F)(F)F)c(N2C(=O)CS/C2=N\C(=O)NN(C)C(C)c2ccc(-c3ncn(-c4ccc(OC(F)(F)F)cc4)n3)cc2)c1. The Labute approximate surface area is 279 Å². The van der Waals surface area contributed by atoms with Gasteiger partial charge < -0.3 is 9.47 Å². The number of hydrogen-bond donors (Lipinski definition) is 1. The van der Waals surface area contributed by atoms with Crippen LogP contribution in [-0.4, -0.2) is 68.8 Å². The van der Waals surface area contributed by atoms with Crippen LogP contribution in [0.1, 0.15) is 24.1 Å². The minimum Gasteiger partial charge on any atom is -0.482 e. The molecule has 5 rings (SSSR count). The van der Waals surface area contributed by atoms with Gasteiger partial charge in [0.05, 0.1) is 23.2 Å². The van der Waals surface area contributed by atoms with Crippen molar-refractivity contribution in [3.63, 3.8) is 0 Å². The van der Waals surface area contributed by atoms with Crippen molar-refractivity contribution in [1.82, 2.24) is 25.2 Å². The highest BCUT2D eigenvalue weighted by Gasteiger charge is 2.35. The van der Waals surface area contributed by atoms with E-state index in [4.69, 9.17) is 4.74 Å². The molecule has 0 aliphatic carbocycles. The molecule has 258 valence electrons. The van der Waals surface area contributed by atoms with Crippen molar-refractivity contribution < 1.29 is 45.4 Å². The summed E-state index contributed by atoms with van der Waals surface area (Å²) in [5.41, 5.74) is 5.23. The molecule has 2 heterocycles. The Kier molecular flexibility index (Phi) is 10.2. The van der Waals surface area contributed by atoms with Crippen molar-refractivity contribution in [3.05, 3.63) is 84.2 Å². The largest absolute Gasteiger partial charge is 0.573 e. The zero-order chi connectivity index (χ0) is 35.5. The van der Waals surface area contributed by atoms with Gasteiger partial charge in [0, 0.05) is 12.6 Å². The van der Waals surface area contributed by atoms with E-state index in [1.807, 2.05) is 6.92 Å². The summed E-state index contributed by atoms with van der Waals surface area (Å²) in [5, 5.41) is 5.87. The number of alkyl halides is 6. The third-order valence-corrected chi connectivity index (χ3v) is 7.96. The first kappa shape index (κ1) is 35.2. The maximum absolute atomic E-state index is 12.9. The molecule has 11 nitrogen and oxygen atoms in total. The van der Waals surface area contributed by atoms with Crippen LogP contribution in [0.15, 0.2) is 78.0 Å². The highest BCUT2D eigenvalue weighted by Crippen LogP contribution is 2.36. The predicted molar refractivity (Wildman–Crippen MR) is 168 cm³/mol. The first-order valence-corrected chi connectivity index (χ1v) is 15.3. The number of aryl methyl sites for hydroxylation is 1. The highest BCUT2D eigenvalue weighted by atomic mass is 32.2. The van der Waals surface area contributed by atoms with Crippen LogP contribution in [0, 0.1) is 6.92 Å². The average molecular weight is 708 g/mol. The molecule has 1 saturated heterocycles. The van der Waals surface area contributed by atoms with Crippen LogP contribution in [0.25, 0.3) is 17.1 Å². The van der Waals surface area contributed by atoms with E-state index in [1.54, 1.807) is 44.3 Å². The van der Waals surface area contributed by atoms with E-state index in [0.29, 0.717) is 22.6 Å². The van der Waals surface area contributed by atoms with Gasteiger partial charge in [-0.1, -0.05) is 42.1 Å². The van der Waals surface area contributed by atoms with Crippen LogP contribution >= 0.6 is 11.8 Å². The molecule has 4 aromatic rings. The number of nitrogens with one attached hydrogen (secondary N) is 1. The van der Waals surface area contributed by atoms with E-state index in [0.717, 1.165) is 22.2 Å². The number of rotatable bonds is 9. The Morgan fingerprint density at radius 2 is 1.76 bits per heavy atom. The van der Waals surface area contributed by atoms with Gasteiger partial charge in [-0.2, -0.15) is 18.2 Å². The summed E-state index contributed by atoms with van der Waals surface area (Å²) in [7, 11) is 1.61. The van der Waals surface area contributed by atoms with Crippen molar-refractivity contribution in [2.45, 2.75) is 32.4 Å². The Morgan fingerprint density at radius 3 is 2.41 bits per heavy atom. The minimum atomic E-state index is -4.80.